The third-order valence-corrected chi connectivity index (χ3v) is 8.03. The van der Waals surface area contributed by atoms with Crippen molar-refractivity contribution in [1.82, 2.24) is 14.8 Å². The lowest BCUT2D eigenvalue weighted by atomic mass is 10.1. The molecule has 2 atom stereocenters. The second-order valence-electron chi connectivity index (χ2n) is 7.47. The van der Waals surface area contributed by atoms with Crippen LogP contribution in [0.15, 0.2) is 34.2 Å². The highest BCUT2D eigenvalue weighted by molar-refractivity contribution is 7.89. The van der Waals surface area contributed by atoms with E-state index in [4.69, 9.17) is 4.52 Å². The predicted molar refractivity (Wildman–Crippen MR) is 113 cm³/mol. The molecule has 9 nitrogen and oxygen atoms in total. The van der Waals surface area contributed by atoms with E-state index in [1.54, 1.807) is 34.2 Å². The van der Waals surface area contributed by atoms with Crippen molar-refractivity contribution in [2.75, 3.05) is 23.7 Å². The van der Waals surface area contributed by atoms with Crippen LogP contribution in [-0.2, 0) is 10.0 Å². The van der Waals surface area contributed by atoms with Gasteiger partial charge in [-0.3, -0.25) is 4.90 Å². The molecule has 0 saturated carbocycles. The molecular formula is C19H20N4O5S2. The van der Waals surface area contributed by atoms with Crippen molar-refractivity contribution in [2.45, 2.75) is 25.4 Å². The minimum atomic E-state index is -3.32. The Labute approximate surface area is 176 Å². The quantitative estimate of drug-likeness (QED) is 0.620. The highest BCUT2D eigenvalue weighted by Gasteiger charge is 2.46. The lowest BCUT2D eigenvalue weighted by Gasteiger charge is -2.18. The van der Waals surface area contributed by atoms with E-state index >= 15 is 0 Å². The number of amides is 2. The summed E-state index contributed by atoms with van der Waals surface area (Å²) in [7, 11) is -3.32. The molecule has 0 radical (unpaired) electrons. The van der Waals surface area contributed by atoms with Gasteiger partial charge in [-0.05, 0) is 30.9 Å². The van der Waals surface area contributed by atoms with Gasteiger partial charge in [-0.2, -0.15) is 0 Å². The number of nitrogens with zero attached hydrogens (tertiary/aromatic N) is 3. The average molecular weight is 449 g/mol. The molecule has 30 heavy (non-hydrogen) atoms. The van der Waals surface area contributed by atoms with Gasteiger partial charge < -0.3 is 14.5 Å². The lowest BCUT2D eigenvalue weighted by Crippen LogP contribution is -2.41. The third kappa shape index (κ3) is 3.04. The van der Waals surface area contributed by atoms with E-state index < -0.39 is 10.0 Å². The molecule has 158 valence electrons. The number of anilines is 1. The molecule has 2 fully saturated rings. The minimum absolute atomic E-state index is 0.0114. The van der Waals surface area contributed by atoms with Gasteiger partial charge in [0, 0.05) is 24.7 Å². The molecule has 3 aromatic rings. The number of sulfonamides is 1. The van der Waals surface area contributed by atoms with Crippen LogP contribution in [0.1, 0.15) is 13.3 Å². The molecule has 2 saturated heterocycles. The number of hydrogen-bond acceptors (Lipinski definition) is 7. The largest absolute Gasteiger partial charge is 0.506 e. The maximum absolute atomic E-state index is 13.1. The van der Waals surface area contributed by atoms with Crippen molar-refractivity contribution in [3.8, 4) is 16.2 Å². The van der Waals surface area contributed by atoms with Crippen molar-refractivity contribution < 1.29 is 22.8 Å². The number of aromatic nitrogens is 1. The highest BCUT2D eigenvalue weighted by Crippen LogP contribution is 2.43. The van der Waals surface area contributed by atoms with E-state index in [0.29, 0.717) is 41.2 Å². The molecule has 0 spiro atoms. The van der Waals surface area contributed by atoms with Gasteiger partial charge in [0.05, 0.1) is 22.1 Å². The van der Waals surface area contributed by atoms with Gasteiger partial charge in [0.15, 0.2) is 11.4 Å². The molecule has 1 aromatic carbocycles. The molecule has 0 bridgehead atoms. The second kappa shape index (κ2) is 6.96. The first-order valence-electron chi connectivity index (χ1n) is 9.61. The smallest absolute Gasteiger partial charge is 0.326 e. The Morgan fingerprint density at radius 3 is 2.87 bits per heavy atom. The van der Waals surface area contributed by atoms with Gasteiger partial charge in [0.1, 0.15) is 5.75 Å². The van der Waals surface area contributed by atoms with E-state index in [2.05, 4.69) is 9.88 Å². The Morgan fingerprint density at radius 2 is 2.17 bits per heavy atom. The molecule has 0 unspecified atom stereocenters. The molecule has 5 rings (SSSR count). The number of thiophene rings is 1. The second-order valence-corrected chi connectivity index (χ2v) is 10.4. The topological polar surface area (TPSA) is 116 Å². The van der Waals surface area contributed by atoms with E-state index in [9.17, 15) is 18.3 Å². The molecule has 2 aromatic heterocycles. The van der Waals surface area contributed by atoms with E-state index in [1.165, 1.54) is 11.3 Å². The maximum atomic E-state index is 13.1. The van der Waals surface area contributed by atoms with E-state index in [-0.39, 0.29) is 29.6 Å². The SMILES string of the molecule is CCS(=O)(=O)N[C@H]1C[C@H]2CN(c3noc4cccc(-c5sccc5O)c34)C(=O)N2C1. The van der Waals surface area contributed by atoms with Crippen LogP contribution in [0, 0.1) is 0 Å². The number of rotatable bonds is 5. The van der Waals surface area contributed by atoms with Crippen molar-refractivity contribution in [3.63, 3.8) is 0 Å². The number of nitrogens with one attached hydrogen (secondary N) is 1. The number of aromatic hydroxyl groups is 1. The molecule has 0 aliphatic carbocycles. The third-order valence-electron chi connectivity index (χ3n) is 5.64. The van der Waals surface area contributed by atoms with Crippen molar-refractivity contribution in [3.05, 3.63) is 29.6 Å². The zero-order valence-electron chi connectivity index (χ0n) is 16.1. The summed E-state index contributed by atoms with van der Waals surface area (Å²) < 4.78 is 31.9. The molecule has 11 heteroatoms. The van der Waals surface area contributed by atoms with Crippen molar-refractivity contribution in [2.24, 2.45) is 0 Å². The predicted octanol–water partition coefficient (Wildman–Crippen LogP) is 2.58. The Bertz CT molecular complexity index is 1230. The first kappa shape index (κ1) is 19.3. The summed E-state index contributed by atoms with van der Waals surface area (Å²) in [5.41, 5.74) is 1.29. The first-order valence-corrected chi connectivity index (χ1v) is 12.1. The summed E-state index contributed by atoms with van der Waals surface area (Å²) in [5.74, 6) is 0.592. The standard InChI is InChI=1S/C19H20N4O5S2/c1-2-30(26,27)21-11-8-12-10-23(19(25)22(12)9-11)18-16-13(17-14(24)6-7-29-17)4-3-5-15(16)28-20-18/h3-7,11-12,21,24H,2,8-10H2,1H3/t11-,12-/m0/s1. The number of carbonyl (C=O) groups is 1. The molecule has 2 amide bonds. The van der Waals surface area contributed by atoms with Crippen LogP contribution in [0.3, 0.4) is 0 Å². The van der Waals surface area contributed by atoms with Crippen LogP contribution in [0.2, 0.25) is 0 Å². The summed E-state index contributed by atoms with van der Waals surface area (Å²) in [5, 5.41) is 16.8. The zero-order valence-corrected chi connectivity index (χ0v) is 17.7. The number of carbonyl (C=O) groups excluding carboxylic acids is 1. The normalized spacial score (nSPS) is 21.7. The van der Waals surface area contributed by atoms with Gasteiger partial charge in [0.25, 0.3) is 0 Å². The monoisotopic (exact) mass is 448 g/mol. The van der Waals surface area contributed by atoms with E-state index in [1.807, 2.05) is 12.1 Å². The van der Waals surface area contributed by atoms with Gasteiger partial charge in [-0.15, -0.1) is 11.3 Å². The van der Waals surface area contributed by atoms with Crippen LogP contribution in [0.4, 0.5) is 10.6 Å². The van der Waals surface area contributed by atoms with Crippen LogP contribution in [0.5, 0.6) is 5.75 Å². The highest BCUT2D eigenvalue weighted by atomic mass is 32.2. The summed E-state index contributed by atoms with van der Waals surface area (Å²) in [6, 6.07) is 6.48. The Kier molecular flexibility index (Phi) is 4.49. The Balaban J connectivity index is 1.46. The van der Waals surface area contributed by atoms with E-state index in [0.717, 1.165) is 5.56 Å². The van der Waals surface area contributed by atoms with Crippen LogP contribution in [0.25, 0.3) is 21.4 Å². The number of benzene rings is 1. The first-order chi connectivity index (χ1) is 14.4. The zero-order chi connectivity index (χ0) is 21.0. The van der Waals surface area contributed by atoms with Gasteiger partial charge >= 0.3 is 6.03 Å². The number of fused-ring (bicyclic) bond motifs is 2. The summed E-state index contributed by atoms with van der Waals surface area (Å²) in [6.07, 6.45) is 0.551. The number of hydrogen-bond donors (Lipinski definition) is 2. The van der Waals surface area contributed by atoms with Crippen LogP contribution >= 0.6 is 11.3 Å². The lowest BCUT2D eigenvalue weighted by molar-refractivity contribution is 0.218. The Morgan fingerprint density at radius 1 is 1.33 bits per heavy atom. The van der Waals surface area contributed by atoms with Crippen LogP contribution in [-0.4, -0.2) is 60.5 Å². The molecule has 4 heterocycles. The summed E-state index contributed by atoms with van der Waals surface area (Å²) >= 11 is 1.40. The average Bonchev–Trinajstić information content (AvgIpc) is 3.47. The number of urea groups is 1. The van der Waals surface area contributed by atoms with Crippen LogP contribution < -0.4 is 9.62 Å². The minimum Gasteiger partial charge on any atom is -0.506 e. The van der Waals surface area contributed by atoms with Crippen molar-refractivity contribution >= 4 is 44.2 Å². The molecule has 2 N–H and O–H groups in total. The molecular weight excluding hydrogens is 428 g/mol. The molecule has 2 aliphatic rings. The fourth-order valence-corrected chi connectivity index (χ4v) is 5.89. The fourth-order valence-electron chi connectivity index (χ4n) is 4.22. The van der Waals surface area contributed by atoms with Gasteiger partial charge in [0.2, 0.25) is 10.0 Å². The Hall–Kier alpha value is -2.63. The summed E-state index contributed by atoms with van der Waals surface area (Å²) in [6.45, 7) is 2.31. The van der Waals surface area contributed by atoms with Crippen molar-refractivity contribution in [1.29, 1.82) is 0 Å². The fraction of sp³-hybridized carbons (Fsp3) is 0.368. The molecule has 2 aliphatic heterocycles. The van der Waals surface area contributed by atoms with Gasteiger partial charge in [-0.25, -0.2) is 17.9 Å². The summed E-state index contributed by atoms with van der Waals surface area (Å²) in [4.78, 5) is 17.1. The maximum Gasteiger partial charge on any atom is 0.326 e. The van der Waals surface area contributed by atoms with Gasteiger partial charge in [-0.1, -0.05) is 17.3 Å².